The van der Waals surface area contributed by atoms with Gasteiger partial charge in [0.25, 0.3) is 0 Å². The Morgan fingerprint density at radius 3 is 2.65 bits per heavy atom. The minimum absolute atomic E-state index is 0.695. The second-order valence-electron chi connectivity index (χ2n) is 4.78. The van der Waals surface area contributed by atoms with Gasteiger partial charge in [0.2, 0.25) is 0 Å². The zero-order valence-electron chi connectivity index (χ0n) is 12.3. The van der Waals surface area contributed by atoms with Gasteiger partial charge in [-0.1, -0.05) is 13.8 Å². The third kappa shape index (κ3) is 4.45. The monoisotopic (exact) mass is 312 g/mol. The molecule has 1 saturated heterocycles. The SMILES string of the molecule is CCCNc1ncnc(NCC2CSCCS2)c1CC. The van der Waals surface area contributed by atoms with Crippen molar-refractivity contribution in [2.75, 3.05) is 41.0 Å². The molecule has 20 heavy (non-hydrogen) atoms. The van der Waals surface area contributed by atoms with Crippen LogP contribution < -0.4 is 10.6 Å². The molecule has 2 rings (SSSR count). The highest BCUT2D eigenvalue weighted by molar-refractivity contribution is 8.06. The zero-order valence-corrected chi connectivity index (χ0v) is 13.9. The molecule has 0 spiro atoms. The molecule has 1 fully saturated rings. The van der Waals surface area contributed by atoms with Crippen LogP contribution in [0.2, 0.25) is 0 Å². The van der Waals surface area contributed by atoms with Crippen LogP contribution in [-0.4, -0.2) is 45.6 Å². The molecule has 4 nitrogen and oxygen atoms in total. The maximum absolute atomic E-state index is 4.42. The molecule has 1 unspecified atom stereocenters. The predicted octanol–water partition coefficient (Wildman–Crippen LogP) is 3.12. The van der Waals surface area contributed by atoms with Gasteiger partial charge in [0, 0.05) is 41.2 Å². The number of nitrogens with zero attached hydrogens (tertiary/aromatic N) is 2. The maximum Gasteiger partial charge on any atom is 0.134 e. The van der Waals surface area contributed by atoms with Gasteiger partial charge >= 0.3 is 0 Å². The summed E-state index contributed by atoms with van der Waals surface area (Å²) in [5.74, 6) is 5.78. The minimum Gasteiger partial charge on any atom is -0.370 e. The van der Waals surface area contributed by atoms with Gasteiger partial charge in [-0.05, 0) is 12.8 Å². The first kappa shape index (κ1) is 15.8. The number of nitrogens with one attached hydrogen (secondary N) is 2. The molecule has 0 radical (unpaired) electrons. The van der Waals surface area contributed by atoms with Crippen LogP contribution >= 0.6 is 23.5 Å². The summed E-state index contributed by atoms with van der Waals surface area (Å²) >= 11 is 4.13. The molecule has 0 amide bonds. The first-order valence-corrected chi connectivity index (χ1v) is 9.56. The average Bonchev–Trinajstić information content (AvgIpc) is 2.51. The Labute approximate surface area is 130 Å². The Bertz CT molecular complexity index is 408. The molecule has 0 aromatic carbocycles. The van der Waals surface area contributed by atoms with E-state index >= 15 is 0 Å². The van der Waals surface area contributed by atoms with E-state index in [0.29, 0.717) is 5.25 Å². The molecule has 1 aromatic heterocycles. The van der Waals surface area contributed by atoms with E-state index in [1.165, 1.54) is 22.8 Å². The normalized spacial score (nSPS) is 18.8. The fourth-order valence-electron chi connectivity index (χ4n) is 2.16. The summed E-state index contributed by atoms with van der Waals surface area (Å²) in [4.78, 5) is 8.80. The third-order valence-electron chi connectivity index (χ3n) is 3.22. The summed E-state index contributed by atoms with van der Waals surface area (Å²) in [5.41, 5.74) is 1.20. The fraction of sp³-hybridized carbons (Fsp3) is 0.714. The second-order valence-corrected chi connectivity index (χ2v) is 7.34. The van der Waals surface area contributed by atoms with Crippen LogP contribution in [-0.2, 0) is 6.42 Å². The summed E-state index contributed by atoms with van der Waals surface area (Å²) in [6, 6.07) is 0. The molecule has 0 saturated carbocycles. The Hall–Kier alpha value is -0.620. The van der Waals surface area contributed by atoms with E-state index in [1.807, 2.05) is 0 Å². The van der Waals surface area contributed by atoms with Crippen LogP contribution in [0.5, 0.6) is 0 Å². The van der Waals surface area contributed by atoms with Crippen molar-refractivity contribution >= 4 is 35.2 Å². The topological polar surface area (TPSA) is 49.8 Å². The van der Waals surface area contributed by atoms with Crippen LogP contribution in [0.15, 0.2) is 6.33 Å². The van der Waals surface area contributed by atoms with Crippen molar-refractivity contribution < 1.29 is 0 Å². The summed E-state index contributed by atoms with van der Waals surface area (Å²) in [6.45, 7) is 6.27. The number of hydrogen-bond acceptors (Lipinski definition) is 6. The highest BCUT2D eigenvalue weighted by Crippen LogP contribution is 2.25. The smallest absolute Gasteiger partial charge is 0.134 e. The molecule has 1 aliphatic rings. The molecule has 0 bridgehead atoms. The van der Waals surface area contributed by atoms with E-state index in [4.69, 9.17) is 0 Å². The minimum atomic E-state index is 0.695. The van der Waals surface area contributed by atoms with E-state index in [9.17, 15) is 0 Å². The first-order valence-electron chi connectivity index (χ1n) is 7.36. The molecule has 0 aliphatic carbocycles. The molecule has 1 atom stereocenters. The molecule has 2 heterocycles. The van der Waals surface area contributed by atoms with Crippen molar-refractivity contribution in [2.45, 2.75) is 31.9 Å². The predicted molar refractivity (Wildman–Crippen MR) is 92.3 cm³/mol. The van der Waals surface area contributed by atoms with E-state index in [2.05, 4.69) is 58.0 Å². The van der Waals surface area contributed by atoms with Gasteiger partial charge in [-0.15, -0.1) is 0 Å². The van der Waals surface area contributed by atoms with Gasteiger partial charge in [0.05, 0.1) is 0 Å². The van der Waals surface area contributed by atoms with E-state index in [1.54, 1.807) is 6.33 Å². The first-order chi connectivity index (χ1) is 9.85. The fourth-order valence-corrected chi connectivity index (χ4v) is 4.77. The molecule has 6 heteroatoms. The molecule has 112 valence electrons. The number of aromatic nitrogens is 2. The highest BCUT2D eigenvalue weighted by Gasteiger charge is 2.15. The quantitative estimate of drug-likeness (QED) is 0.807. The molecule has 2 N–H and O–H groups in total. The van der Waals surface area contributed by atoms with Gasteiger partial charge in [-0.25, -0.2) is 9.97 Å². The Kier molecular flexibility index (Phi) is 6.79. The Morgan fingerprint density at radius 1 is 1.20 bits per heavy atom. The van der Waals surface area contributed by atoms with Crippen LogP contribution in [0.1, 0.15) is 25.8 Å². The van der Waals surface area contributed by atoms with Crippen LogP contribution in [0.3, 0.4) is 0 Å². The van der Waals surface area contributed by atoms with E-state index < -0.39 is 0 Å². The van der Waals surface area contributed by atoms with Crippen molar-refractivity contribution in [1.29, 1.82) is 0 Å². The van der Waals surface area contributed by atoms with Gasteiger partial charge in [-0.2, -0.15) is 23.5 Å². The summed E-state index contributed by atoms with van der Waals surface area (Å²) in [6.07, 6.45) is 3.70. The molecule has 1 aliphatic heterocycles. The van der Waals surface area contributed by atoms with Crippen LogP contribution in [0.4, 0.5) is 11.6 Å². The lowest BCUT2D eigenvalue weighted by Gasteiger charge is -2.22. The van der Waals surface area contributed by atoms with Crippen molar-refractivity contribution in [3.8, 4) is 0 Å². The number of anilines is 2. The summed E-state index contributed by atoms with van der Waals surface area (Å²) in [7, 11) is 0. The van der Waals surface area contributed by atoms with Crippen molar-refractivity contribution in [2.24, 2.45) is 0 Å². The molecular formula is C14H24N4S2. The zero-order chi connectivity index (χ0) is 14.2. The van der Waals surface area contributed by atoms with Gasteiger partial charge in [-0.3, -0.25) is 0 Å². The van der Waals surface area contributed by atoms with Crippen molar-refractivity contribution in [3.05, 3.63) is 11.9 Å². The maximum atomic E-state index is 4.42. The van der Waals surface area contributed by atoms with Crippen molar-refractivity contribution in [1.82, 2.24) is 9.97 Å². The molecule has 1 aromatic rings. The second kappa shape index (κ2) is 8.62. The lowest BCUT2D eigenvalue weighted by atomic mass is 10.2. The van der Waals surface area contributed by atoms with E-state index in [-0.39, 0.29) is 0 Å². The highest BCUT2D eigenvalue weighted by atomic mass is 32.2. The van der Waals surface area contributed by atoms with E-state index in [0.717, 1.165) is 37.6 Å². The van der Waals surface area contributed by atoms with Crippen molar-refractivity contribution in [3.63, 3.8) is 0 Å². The number of hydrogen-bond donors (Lipinski definition) is 2. The number of rotatable bonds is 7. The standard InChI is InChI=1S/C14H24N4S2/c1-3-5-15-13-12(4-2)14(18-10-17-13)16-8-11-9-19-6-7-20-11/h10-11H,3-9H2,1-2H3,(H2,15,16,17,18). The largest absolute Gasteiger partial charge is 0.370 e. The number of thioether (sulfide) groups is 2. The van der Waals surface area contributed by atoms with Gasteiger partial charge in [0.15, 0.2) is 0 Å². The Balaban J connectivity index is 1.98. The molecular weight excluding hydrogens is 288 g/mol. The Morgan fingerprint density at radius 2 is 2.00 bits per heavy atom. The summed E-state index contributed by atoms with van der Waals surface area (Å²) < 4.78 is 0. The lowest BCUT2D eigenvalue weighted by molar-refractivity contribution is 0.936. The van der Waals surface area contributed by atoms with Crippen LogP contribution in [0, 0.1) is 0 Å². The third-order valence-corrected chi connectivity index (χ3v) is 6.07. The van der Waals surface area contributed by atoms with Gasteiger partial charge in [0.1, 0.15) is 18.0 Å². The lowest BCUT2D eigenvalue weighted by Crippen LogP contribution is -2.24. The summed E-state index contributed by atoms with van der Waals surface area (Å²) in [5, 5.41) is 7.61. The van der Waals surface area contributed by atoms with Gasteiger partial charge < -0.3 is 10.6 Å². The van der Waals surface area contributed by atoms with Crippen LogP contribution in [0.25, 0.3) is 0 Å². The average molecular weight is 313 g/mol.